The quantitative estimate of drug-likeness (QED) is 0.628. The second-order valence-electron chi connectivity index (χ2n) is 5.37. The number of carboxylic acids is 1. The van der Waals surface area contributed by atoms with Gasteiger partial charge in [0.25, 0.3) is 0 Å². The minimum absolute atomic E-state index is 0.129. The van der Waals surface area contributed by atoms with Crippen molar-refractivity contribution in [3.63, 3.8) is 0 Å². The predicted molar refractivity (Wildman–Crippen MR) is 94.4 cm³/mol. The number of carbonyl (C=O) groups is 1. The fraction of sp³-hybridized carbons (Fsp3) is 0.125. The van der Waals surface area contributed by atoms with Gasteiger partial charge >= 0.3 is 5.97 Å². The largest absolute Gasteiger partial charge is 0.480 e. The molecule has 1 unspecified atom stereocenters. The fourth-order valence-corrected chi connectivity index (χ4v) is 2.94. The molecule has 1 heterocycles. The molecule has 0 bridgehead atoms. The Morgan fingerprint density at radius 3 is 2.56 bits per heavy atom. The Hall–Kier alpha value is -2.48. The zero-order chi connectivity index (χ0) is 18.0. The van der Waals surface area contributed by atoms with Crippen LogP contribution in [0.3, 0.4) is 0 Å². The van der Waals surface area contributed by atoms with E-state index in [0.717, 1.165) is 5.56 Å². The van der Waals surface area contributed by atoms with E-state index in [-0.39, 0.29) is 6.42 Å². The number of benzene rings is 2. The van der Waals surface area contributed by atoms with Crippen LogP contribution in [0.2, 0.25) is 10.0 Å². The highest BCUT2D eigenvalue weighted by molar-refractivity contribution is 6.43. The van der Waals surface area contributed by atoms with Crippen LogP contribution in [0.4, 0.5) is 0 Å². The maximum atomic E-state index is 11.0. The first-order valence-corrected chi connectivity index (χ1v) is 8.02. The van der Waals surface area contributed by atoms with Crippen molar-refractivity contribution in [3.8, 4) is 22.5 Å². The second kappa shape index (κ2) is 7.18. The molecule has 25 heavy (non-hydrogen) atoms. The molecular formula is C16H13Cl2N5O2. The molecule has 0 fully saturated rings. The van der Waals surface area contributed by atoms with Gasteiger partial charge in [0.2, 0.25) is 5.82 Å². The first-order chi connectivity index (χ1) is 12.0. The maximum Gasteiger partial charge on any atom is 0.320 e. The standard InChI is InChI=1S/C16H13Cl2N5O2/c17-12-6-8(7-13(19)16(24)25)5-11(14(12)18)9-3-1-2-4-10(9)15-20-22-23-21-15/h1-6,13H,7,19H2,(H,24,25)(H,20,21,22,23). The Bertz CT molecular complexity index is 915. The Morgan fingerprint density at radius 1 is 1.20 bits per heavy atom. The summed E-state index contributed by atoms with van der Waals surface area (Å²) in [6, 6.07) is 9.73. The number of halogens is 2. The van der Waals surface area contributed by atoms with E-state index in [1.54, 1.807) is 12.1 Å². The number of H-pyrrole nitrogens is 1. The lowest BCUT2D eigenvalue weighted by atomic mass is 9.95. The summed E-state index contributed by atoms with van der Waals surface area (Å²) in [6.45, 7) is 0. The van der Waals surface area contributed by atoms with Crippen molar-refractivity contribution in [1.82, 2.24) is 20.6 Å². The monoisotopic (exact) mass is 377 g/mol. The average Bonchev–Trinajstić information content (AvgIpc) is 3.12. The summed E-state index contributed by atoms with van der Waals surface area (Å²) < 4.78 is 0. The predicted octanol–water partition coefficient (Wildman–Crippen LogP) is 2.79. The number of aromatic nitrogens is 4. The van der Waals surface area contributed by atoms with E-state index in [2.05, 4.69) is 20.6 Å². The Balaban J connectivity index is 2.12. The van der Waals surface area contributed by atoms with Crippen molar-refractivity contribution >= 4 is 29.2 Å². The summed E-state index contributed by atoms with van der Waals surface area (Å²) in [5.74, 6) is -0.671. The van der Waals surface area contributed by atoms with Crippen molar-refractivity contribution in [2.24, 2.45) is 5.73 Å². The highest BCUT2D eigenvalue weighted by Gasteiger charge is 2.18. The number of carboxylic acid groups (broad SMARTS) is 1. The molecule has 7 nitrogen and oxygen atoms in total. The van der Waals surface area contributed by atoms with E-state index >= 15 is 0 Å². The molecule has 0 amide bonds. The average molecular weight is 378 g/mol. The van der Waals surface area contributed by atoms with Crippen molar-refractivity contribution in [3.05, 3.63) is 52.0 Å². The molecule has 4 N–H and O–H groups in total. The van der Waals surface area contributed by atoms with Crippen LogP contribution in [-0.2, 0) is 11.2 Å². The van der Waals surface area contributed by atoms with Crippen LogP contribution in [0.5, 0.6) is 0 Å². The molecule has 0 saturated carbocycles. The molecule has 2 aromatic carbocycles. The molecule has 9 heteroatoms. The summed E-state index contributed by atoms with van der Waals surface area (Å²) in [7, 11) is 0. The Morgan fingerprint density at radius 2 is 1.92 bits per heavy atom. The highest BCUT2D eigenvalue weighted by atomic mass is 35.5. The topological polar surface area (TPSA) is 118 Å². The van der Waals surface area contributed by atoms with Gasteiger partial charge in [-0.2, -0.15) is 5.21 Å². The van der Waals surface area contributed by atoms with Crippen molar-refractivity contribution in [2.75, 3.05) is 0 Å². The molecule has 3 aromatic rings. The summed E-state index contributed by atoms with van der Waals surface area (Å²) in [5.41, 5.74) is 8.40. The molecular weight excluding hydrogens is 365 g/mol. The number of tetrazole rings is 1. The SMILES string of the molecule is NC(Cc1cc(Cl)c(Cl)c(-c2ccccc2-c2nn[nH]n2)c1)C(=O)O. The highest BCUT2D eigenvalue weighted by Crippen LogP contribution is 2.39. The molecule has 0 aliphatic rings. The van der Waals surface area contributed by atoms with Gasteiger partial charge in [-0.05, 0) is 34.9 Å². The Labute approximate surface area is 152 Å². The van der Waals surface area contributed by atoms with Crippen LogP contribution in [0.25, 0.3) is 22.5 Å². The summed E-state index contributed by atoms with van der Waals surface area (Å²) in [6.07, 6.45) is 0.129. The van der Waals surface area contributed by atoms with Gasteiger partial charge in [-0.3, -0.25) is 4.79 Å². The van der Waals surface area contributed by atoms with Gasteiger partial charge < -0.3 is 10.8 Å². The third-order valence-corrected chi connectivity index (χ3v) is 4.47. The van der Waals surface area contributed by atoms with Gasteiger partial charge in [0.15, 0.2) is 0 Å². The van der Waals surface area contributed by atoms with E-state index < -0.39 is 12.0 Å². The minimum atomic E-state index is -1.08. The number of aromatic amines is 1. The molecule has 0 aliphatic heterocycles. The summed E-state index contributed by atoms with van der Waals surface area (Å²) >= 11 is 12.6. The maximum absolute atomic E-state index is 11.0. The third kappa shape index (κ3) is 3.63. The molecule has 0 spiro atoms. The van der Waals surface area contributed by atoms with Crippen molar-refractivity contribution < 1.29 is 9.90 Å². The normalized spacial score (nSPS) is 12.1. The van der Waals surface area contributed by atoms with Crippen molar-refractivity contribution in [2.45, 2.75) is 12.5 Å². The molecule has 0 radical (unpaired) electrons. The number of nitrogens with zero attached hydrogens (tertiary/aromatic N) is 3. The zero-order valence-electron chi connectivity index (χ0n) is 12.8. The summed E-state index contributed by atoms with van der Waals surface area (Å²) in [4.78, 5) is 11.0. The lowest BCUT2D eigenvalue weighted by Gasteiger charge is -2.14. The van der Waals surface area contributed by atoms with Gasteiger partial charge in [0.1, 0.15) is 6.04 Å². The van der Waals surface area contributed by atoms with Crippen LogP contribution in [0, 0.1) is 0 Å². The first kappa shape index (κ1) is 17.3. The van der Waals surface area contributed by atoms with E-state index in [1.165, 1.54) is 0 Å². The number of nitrogens with one attached hydrogen (secondary N) is 1. The molecule has 128 valence electrons. The molecule has 0 saturated heterocycles. The van der Waals surface area contributed by atoms with Gasteiger partial charge in [-0.25, -0.2) is 0 Å². The van der Waals surface area contributed by atoms with Crippen LogP contribution in [0.15, 0.2) is 36.4 Å². The molecule has 0 aliphatic carbocycles. The van der Waals surface area contributed by atoms with E-state index in [1.807, 2.05) is 24.3 Å². The second-order valence-corrected chi connectivity index (χ2v) is 6.15. The fourth-order valence-electron chi connectivity index (χ4n) is 2.49. The third-order valence-electron chi connectivity index (χ3n) is 3.66. The van der Waals surface area contributed by atoms with Crippen molar-refractivity contribution in [1.29, 1.82) is 0 Å². The first-order valence-electron chi connectivity index (χ1n) is 7.27. The van der Waals surface area contributed by atoms with Crippen LogP contribution in [0.1, 0.15) is 5.56 Å². The molecule has 3 rings (SSSR count). The zero-order valence-corrected chi connectivity index (χ0v) is 14.3. The van der Waals surface area contributed by atoms with Crippen LogP contribution in [-0.4, -0.2) is 37.7 Å². The van der Waals surface area contributed by atoms with Crippen LogP contribution >= 0.6 is 23.2 Å². The number of hydrogen-bond donors (Lipinski definition) is 3. The van der Waals surface area contributed by atoms with E-state index in [4.69, 9.17) is 34.0 Å². The lowest BCUT2D eigenvalue weighted by molar-refractivity contribution is -0.138. The number of nitrogens with two attached hydrogens (primary N) is 1. The van der Waals surface area contributed by atoms with E-state index in [0.29, 0.717) is 32.6 Å². The minimum Gasteiger partial charge on any atom is -0.480 e. The van der Waals surface area contributed by atoms with E-state index in [9.17, 15) is 4.79 Å². The molecule has 1 aromatic heterocycles. The number of hydrogen-bond acceptors (Lipinski definition) is 5. The molecule has 1 atom stereocenters. The smallest absolute Gasteiger partial charge is 0.320 e. The lowest BCUT2D eigenvalue weighted by Crippen LogP contribution is -2.32. The van der Waals surface area contributed by atoms with Crippen LogP contribution < -0.4 is 5.73 Å². The Kier molecular flexibility index (Phi) is 4.98. The van der Waals surface area contributed by atoms with Gasteiger partial charge in [-0.1, -0.05) is 47.5 Å². The van der Waals surface area contributed by atoms with Gasteiger partial charge in [0.05, 0.1) is 10.0 Å². The van der Waals surface area contributed by atoms with Gasteiger partial charge in [0, 0.05) is 11.1 Å². The number of rotatable bonds is 5. The van der Waals surface area contributed by atoms with Gasteiger partial charge in [-0.15, -0.1) is 10.2 Å². The number of aliphatic carboxylic acids is 1. The summed E-state index contributed by atoms with van der Waals surface area (Å²) in [5, 5.41) is 23.7.